The number of ether oxygens (including phenoxy) is 1. The number of amides is 1. The number of carbonyl (C=O) groups is 1. The Morgan fingerprint density at radius 2 is 1.43 bits per heavy atom. The van der Waals surface area contributed by atoms with Gasteiger partial charge in [-0.1, -0.05) is 60.7 Å². The smallest absolute Gasteiger partial charge is 0.265 e. The molecule has 1 amide bonds. The fourth-order valence-electron chi connectivity index (χ4n) is 5.60. The third-order valence-electron chi connectivity index (χ3n) is 7.73. The number of hydrogen-bond acceptors (Lipinski definition) is 4. The maximum Gasteiger partial charge on any atom is 0.265 e. The van der Waals surface area contributed by atoms with Crippen LogP contribution in [0.15, 0.2) is 108 Å². The highest BCUT2D eigenvalue weighted by Crippen LogP contribution is 2.43. The molecule has 1 atom stereocenters. The van der Waals surface area contributed by atoms with E-state index in [0.717, 1.165) is 30.5 Å². The van der Waals surface area contributed by atoms with Gasteiger partial charge in [0.25, 0.3) is 15.9 Å². The molecule has 8 heteroatoms. The van der Waals surface area contributed by atoms with E-state index >= 15 is 0 Å². The van der Waals surface area contributed by atoms with E-state index in [9.17, 15) is 17.6 Å². The maximum atomic E-state index is 13.9. The van der Waals surface area contributed by atoms with Crippen molar-refractivity contribution >= 4 is 21.6 Å². The quantitative estimate of drug-likeness (QED) is 0.295. The van der Waals surface area contributed by atoms with Crippen LogP contribution in [-0.2, 0) is 10.0 Å². The number of sulfonamides is 1. The average Bonchev–Trinajstić information content (AvgIpc) is 3.01. The number of fused-ring (bicyclic) bond motifs is 1. The number of benzene rings is 4. The molecule has 40 heavy (non-hydrogen) atoms. The molecule has 1 unspecified atom stereocenters. The molecule has 0 spiro atoms. The van der Waals surface area contributed by atoms with Crippen molar-refractivity contribution in [2.24, 2.45) is 0 Å². The lowest BCUT2D eigenvalue weighted by Crippen LogP contribution is -2.41. The highest BCUT2D eigenvalue weighted by Gasteiger charge is 2.39. The van der Waals surface area contributed by atoms with Crippen LogP contribution in [0.5, 0.6) is 5.75 Å². The summed E-state index contributed by atoms with van der Waals surface area (Å²) < 4.78 is 48.9. The predicted molar refractivity (Wildman–Crippen MR) is 152 cm³/mol. The standard InChI is InChI=1S/C32H29FN2O4S/c33-27-12-14-28(15-13-27)40(37,38)35-29-16-11-26(21-31(29)39-22-30(35)25-9-5-2-6-10-25)32(36)34-19-17-24(18-20-34)23-7-3-1-4-8-23/h1-16,21,24,30H,17-20,22H2. The summed E-state index contributed by atoms with van der Waals surface area (Å²) in [6.45, 7) is 1.37. The monoisotopic (exact) mass is 556 g/mol. The summed E-state index contributed by atoms with van der Waals surface area (Å²) in [5.41, 5.74) is 2.85. The lowest BCUT2D eigenvalue weighted by molar-refractivity contribution is 0.0712. The highest BCUT2D eigenvalue weighted by molar-refractivity contribution is 7.92. The number of halogens is 1. The number of anilines is 1. The molecule has 0 radical (unpaired) electrons. The molecule has 2 aliphatic rings. The lowest BCUT2D eigenvalue weighted by Gasteiger charge is -2.38. The molecule has 1 saturated heterocycles. The summed E-state index contributed by atoms with van der Waals surface area (Å²) in [7, 11) is -4.08. The van der Waals surface area contributed by atoms with Crippen LogP contribution in [0.25, 0.3) is 0 Å². The van der Waals surface area contributed by atoms with Gasteiger partial charge in [0.1, 0.15) is 24.2 Å². The highest BCUT2D eigenvalue weighted by atomic mass is 32.2. The van der Waals surface area contributed by atoms with Gasteiger partial charge in [0.15, 0.2) is 0 Å². The van der Waals surface area contributed by atoms with Crippen LogP contribution in [0.1, 0.15) is 46.3 Å². The van der Waals surface area contributed by atoms with E-state index in [2.05, 4.69) is 12.1 Å². The molecule has 0 aliphatic carbocycles. The molecule has 4 aromatic carbocycles. The fraction of sp³-hybridized carbons (Fsp3) is 0.219. The first-order valence-corrected chi connectivity index (χ1v) is 14.8. The van der Waals surface area contributed by atoms with Crippen molar-refractivity contribution in [1.29, 1.82) is 0 Å². The second-order valence-electron chi connectivity index (χ2n) is 10.2. The maximum absolute atomic E-state index is 13.9. The summed E-state index contributed by atoms with van der Waals surface area (Å²) in [6.07, 6.45) is 1.78. The van der Waals surface area contributed by atoms with Crippen LogP contribution < -0.4 is 9.04 Å². The van der Waals surface area contributed by atoms with Crippen LogP contribution >= 0.6 is 0 Å². The Morgan fingerprint density at radius 1 is 0.800 bits per heavy atom. The van der Waals surface area contributed by atoms with E-state index in [1.165, 1.54) is 22.0 Å². The van der Waals surface area contributed by atoms with Gasteiger partial charge in [-0.2, -0.15) is 0 Å². The van der Waals surface area contributed by atoms with Crippen LogP contribution in [0, 0.1) is 5.82 Å². The first-order valence-electron chi connectivity index (χ1n) is 13.4. The van der Waals surface area contributed by atoms with Gasteiger partial charge >= 0.3 is 0 Å². The van der Waals surface area contributed by atoms with E-state index < -0.39 is 21.9 Å². The fourth-order valence-corrected chi connectivity index (χ4v) is 7.23. The minimum Gasteiger partial charge on any atom is -0.489 e. The Bertz CT molecular complexity index is 1600. The Balaban J connectivity index is 1.29. The van der Waals surface area contributed by atoms with Crippen LogP contribution in [0.4, 0.5) is 10.1 Å². The van der Waals surface area contributed by atoms with Crippen molar-refractivity contribution < 1.29 is 22.3 Å². The summed E-state index contributed by atoms with van der Waals surface area (Å²) in [6, 6.07) is 28.7. The number of nitrogens with zero attached hydrogens (tertiary/aromatic N) is 2. The molecule has 204 valence electrons. The number of rotatable bonds is 5. The number of hydrogen-bond donors (Lipinski definition) is 0. The second-order valence-corrected chi connectivity index (χ2v) is 12.0. The van der Waals surface area contributed by atoms with E-state index in [4.69, 9.17) is 4.74 Å². The molecule has 6 nitrogen and oxygen atoms in total. The number of carbonyl (C=O) groups excluding carboxylic acids is 1. The molecule has 0 saturated carbocycles. The van der Waals surface area contributed by atoms with Gasteiger partial charge in [-0.05, 0) is 72.4 Å². The minimum atomic E-state index is -4.08. The minimum absolute atomic E-state index is 0.0240. The summed E-state index contributed by atoms with van der Waals surface area (Å²) in [5, 5.41) is 0. The summed E-state index contributed by atoms with van der Waals surface area (Å²) >= 11 is 0. The summed E-state index contributed by atoms with van der Waals surface area (Å²) in [4.78, 5) is 15.3. The van der Waals surface area contributed by atoms with Crippen LogP contribution in [0.3, 0.4) is 0 Å². The number of likely N-dealkylation sites (tertiary alicyclic amines) is 1. The van der Waals surface area contributed by atoms with Gasteiger partial charge in [0, 0.05) is 18.7 Å². The van der Waals surface area contributed by atoms with E-state index in [1.54, 1.807) is 18.2 Å². The van der Waals surface area contributed by atoms with Crippen molar-refractivity contribution in [3.63, 3.8) is 0 Å². The Kier molecular flexibility index (Phi) is 7.02. The molecule has 4 aromatic rings. The molecule has 2 heterocycles. The van der Waals surface area contributed by atoms with Crippen molar-refractivity contribution in [2.75, 3.05) is 24.0 Å². The second kappa shape index (κ2) is 10.8. The Hall–Kier alpha value is -4.17. The molecular weight excluding hydrogens is 527 g/mol. The van der Waals surface area contributed by atoms with Gasteiger partial charge in [0.05, 0.1) is 10.6 Å². The normalized spacial score (nSPS) is 17.7. The third kappa shape index (κ3) is 4.95. The molecule has 0 bridgehead atoms. The molecule has 0 N–H and O–H groups in total. The predicted octanol–water partition coefficient (Wildman–Crippen LogP) is 6.17. The van der Waals surface area contributed by atoms with Crippen molar-refractivity contribution in [2.45, 2.75) is 29.7 Å². The zero-order valence-electron chi connectivity index (χ0n) is 21.8. The van der Waals surface area contributed by atoms with Gasteiger partial charge in [0.2, 0.25) is 0 Å². The molecule has 6 rings (SSSR count). The van der Waals surface area contributed by atoms with Crippen molar-refractivity contribution in [3.8, 4) is 5.75 Å². The SMILES string of the molecule is O=C(c1ccc2c(c1)OCC(c1ccccc1)N2S(=O)(=O)c1ccc(F)cc1)N1CCC(c2ccccc2)CC1. The zero-order chi connectivity index (χ0) is 27.7. The van der Waals surface area contributed by atoms with E-state index in [0.29, 0.717) is 36.0 Å². The average molecular weight is 557 g/mol. The Labute approximate surface area is 233 Å². The molecule has 0 aromatic heterocycles. The number of piperidine rings is 1. The molecular formula is C32H29FN2O4S. The molecule has 2 aliphatic heterocycles. The first kappa shape index (κ1) is 26.1. The summed E-state index contributed by atoms with van der Waals surface area (Å²) in [5.74, 6) is 0.132. The molecule has 1 fully saturated rings. The van der Waals surface area contributed by atoms with Gasteiger partial charge in [-0.15, -0.1) is 0 Å². The lowest BCUT2D eigenvalue weighted by atomic mass is 9.89. The zero-order valence-corrected chi connectivity index (χ0v) is 22.6. The first-order chi connectivity index (χ1) is 19.4. The Morgan fingerprint density at radius 3 is 2.08 bits per heavy atom. The van der Waals surface area contributed by atoms with Gasteiger partial charge in [-0.3, -0.25) is 9.10 Å². The van der Waals surface area contributed by atoms with E-state index in [-0.39, 0.29) is 17.4 Å². The largest absolute Gasteiger partial charge is 0.489 e. The van der Waals surface area contributed by atoms with Gasteiger partial charge in [-0.25, -0.2) is 12.8 Å². The van der Waals surface area contributed by atoms with Crippen molar-refractivity contribution in [3.05, 3.63) is 126 Å². The van der Waals surface area contributed by atoms with Crippen LogP contribution in [-0.4, -0.2) is 38.9 Å². The van der Waals surface area contributed by atoms with E-state index in [1.807, 2.05) is 53.4 Å². The van der Waals surface area contributed by atoms with Crippen molar-refractivity contribution in [1.82, 2.24) is 4.90 Å². The third-order valence-corrected chi connectivity index (χ3v) is 9.57. The topological polar surface area (TPSA) is 66.9 Å². The van der Waals surface area contributed by atoms with Gasteiger partial charge < -0.3 is 9.64 Å². The van der Waals surface area contributed by atoms with Crippen LogP contribution in [0.2, 0.25) is 0 Å².